The molecule has 0 unspecified atom stereocenters. The number of alkyl carbamates (subject to hydrolysis) is 1. The summed E-state index contributed by atoms with van der Waals surface area (Å²) in [4.78, 5) is 11.4. The summed E-state index contributed by atoms with van der Waals surface area (Å²) in [5.41, 5.74) is 6.38. The predicted octanol–water partition coefficient (Wildman–Crippen LogP) is 2.74. The maximum absolute atomic E-state index is 13.4. The van der Waals surface area contributed by atoms with Crippen LogP contribution in [-0.2, 0) is 11.3 Å². The summed E-state index contributed by atoms with van der Waals surface area (Å²) in [6.45, 7) is 7.25. The lowest BCUT2D eigenvalue weighted by atomic mass is 10.1. The quantitative estimate of drug-likeness (QED) is 0.797. The molecule has 0 aliphatic rings. The minimum atomic E-state index is -0.549. The fourth-order valence-electron chi connectivity index (χ4n) is 1.42. The van der Waals surface area contributed by atoms with Crippen molar-refractivity contribution >= 4 is 11.8 Å². The molecule has 100 valence electrons. The first-order chi connectivity index (χ1) is 8.19. The third kappa shape index (κ3) is 4.24. The zero-order valence-corrected chi connectivity index (χ0v) is 11.1. The highest BCUT2D eigenvalue weighted by Gasteiger charge is 2.15. The predicted molar refractivity (Wildman–Crippen MR) is 68.6 cm³/mol. The Morgan fingerprint density at radius 2 is 2.06 bits per heavy atom. The number of carbonyl (C=O) groups excluding carboxylic acids is 1. The molecule has 0 aliphatic carbocycles. The van der Waals surface area contributed by atoms with Gasteiger partial charge in [0.2, 0.25) is 0 Å². The van der Waals surface area contributed by atoms with E-state index < -0.39 is 17.5 Å². The highest BCUT2D eigenvalue weighted by molar-refractivity contribution is 5.67. The summed E-state index contributed by atoms with van der Waals surface area (Å²) in [6.07, 6.45) is -0.530. The van der Waals surface area contributed by atoms with E-state index in [9.17, 15) is 9.18 Å². The number of amides is 1. The van der Waals surface area contributed by atoms with Crippen LogP contribution in [0.3, 0.4) is 0 Å². The second kappa shape index (κ2) is 5.25. The first kappa shape index (κ1) is 14.3. The molecule has 0 heterocycles. The summed E-state index contributed by atoms with van der Waals surface area (Å²) in [5, 5.41) is 2.56. The molecule has 0 spiro atoms. The van der Waals surface area contributed by atoms with Gasteiger partial charge in [-0.15, -0.1) is 0 Å². The minimum absolute atomic E-state index is 0.135. The molecule has 5 heteroatoms. The Bertz CT molecular complexity index is 430. The van der Waals surface area contributed by atoms with Crippen LogP contribution in [0.1, 0.15) is 31.9 Å². The van der Waals surface area contributed by atoms with Gasteiger partial charge in [-0.2, -0.15) is 0 Å². The molecule has 0 aliphatic heterocycles. The molecule has 0 atom stereocenters. The number of nitrogens with one attached hydrogen (secondary N) is 1. The topological polar surface area (TPSA) is 64.3 Å². The Kier molecular flexibility index (Phi) is 4.16. The normalized spacial score (nSPS) is 11.2. The highest BCUT2D eigenvalue weighted by Crippen LogP contribution is 2.17. The van der Waals surface area contributed by atoms with E-state index in [1.807, 2.05) is 0 Å². The van der Waals surface area contributed by atoms with Crippen molar-refractivity contribution in [1.29, 1.82) is 0 Å². The van der Waals surface area contributed by atoms with Crippen molar-refractivity contribution in [3.63, 3.8) is 0 Å². The number of hydrogen-bond donors (Lipinski definition) is 2. The zero-order valence-electron chi connectivity index (χ0n) is 11.1. The number of benzene rings is 1. The van der Waals surface area contributed by atoms with Crippen LogP contribution in [0, 0.1) is 12.7 Å². The van der Waals surface area contributed by atoms with Crippen LogP contribution in [0.2, 0.25) is 0 Å². The number of carbonyl (C=O) groups is 1. The second-order valence-corrected chi connectivity index (χ2v) is 5.16. The maximum Gasteiger partial charge on any atom is 0.407 e. The van der Waals surface area contributed by atoms with E-state index in [1.54, 1.807) is 33.8 Å². The average Bonchev–Trinajstić information content (AvgIpc) is 2.20. The molecule has 1 amide bonds. The number of ether oxygens (including phenoxy) is 1. The van der Waals surface area contributed by atoms with E-state index in [0.717, 1.165) is 0 Å². The fraction of sp³-hybridized carbons (Fsp3) is 0.462. The highest BCUT2D eigenvalue weighted by atomic mass is 19.1. The number of halogens is 1. The number of rotatable bonds is 2. The molecule has 1 aromatic carbocycles. The minimum Gasteiger partial charge on any atom is -0.444 e. The van der Waals surface area contributed by atoms with Gasteiger partial charge in [0.25, 0.3) is 0 Å². The number of anilines is 1. The Hall–Kier alpha value is -1.78. The number of nitrogens with two attached hydrogens (primary N) is 1. The summed E-state index contributed by atoms with van der Waals surface area (Å²) in [5.74, 6) is -0.476. The number of aryl methyl sites for hydroxylation is 1. The molecule has 0 fully saturated rings. The molecule has 18 heavy (non-hydrogen) atoms. The molecule has 0 radical (unpaired) electrons. The lowest BCUT2D eigenvalue weighted by Crippen LogP contribution is -2.32. The Labute approximate surface area is 106 Å². The molecule has 0 saturated carbocycles. The molecule has 0 aromatic heterocycles. The summed E-state index contributed by atoms with van der Waals surface area (Å²) >= 11 is 0. The fourth-order valence-corrected chi connectivity index (χ4v) is 1.42. The van der Waals surface area contributed by atoms with Gasteiger partial charge in [-0.1, -0.05) is 6.07 Å². The molecule has 0 bridgehead atoms. The largest absolute Gasteiger partial charge is 0.444 e. The molecule has 1 rings (SSSR count). The van der Waals surface area contributed by atoms with Crippen LogP contribution >= 0.6 is 0 Å². The van der Waals surface area contributed by atoms with Gasteiger partial charge in [0.05, 0.1) is 5.69 Å². The van der Waals surface area contributed by atoms with Gasteiger partial charge in [-0.05, 0) is 44.9 Å². The monoisotopic (exact) mass is 254 g/mol. The molecule has 0 saturated heterocycles. The van der Waals surface area contributed by atoms with E-state index >= 15 is 0 Å². The lowest BCUT2D eigenvalue weighted by Gasteiger charge is -2.19. The van der Waals surface area contributed by atoms with Crippen molar-refractivity contribution in [3.8, 4) is 0 Å². The first-order valence-corrected chi connectivity index (χ1v) is 5.70. The summed E-state index contributed by atoms with van der Waals surface area (Å²) in [6, 6.07) is 3.04. The third-order valence-electron chi connectivity index (χ3n) is 2.23. The number of hydrogen-bond acceptors (Lipinski definition) is 3. The average molecular weight is 254 g/mol. The van der Waals surface area contributed by atoms with Crippen LogP contribution in [0.25, 0.3) is 0 Å². The van der Waals surface area contributed by atoms with E-state index in [1.165, 1.54) is 6.07 Å². The van der Waals surface area contributed by atoms with Crippen LogP contribution < -0.4 is 11.1 Å². The van der Waals surface area contributed by atoms with Gasteiger partial charge in [0.1, 0.15) is 11.4 Å². The van der Waals surface area contributed by atoms with Gasteiger partial charge in [-0.25, -0.2) is 9.18 Å². The third-order valence-corrected chi connectivity index (χ3v) is 2.23. The van der Waals surface area contributed by atoms with Crippen molar-refractivity contribution in [1.82, 2.24) is 5.32 Å². The molecular formula is C13H19FN2O2. The van der Waals surface area contributed by atoms with E-state index in [-0.39, 0.29) is 12.2 Å². The maximum atomic E-state index is 13.4. The Morgan fingerprint density at radius 3 is 2.56 bits per heavy atom. The summed E-state index contributed by atoms with van der Waals surface area (Å²) < 4.78 is 18.4. The molecular weight excluding hydrogens is 235 g/mol. The Balaban J connectivity index is 2.62. The van der Waals surface area contributed by atoms with E-state index in [4.69, 9.17) is 10.5 Å². The van der Waals surface area contributed by atoms with Crippen molar-refractivity contribution < 1.29 is 13.9 Å². The van der Waals surface area contributed by atoms with Gasteiger partial charge >= 0.3 is 6.09 Å². The summed E-state index contributed by atoms with van der Waals surface area (Å²) in [7, 11) is 0. The van der Waals surface area contributed by atoms with E-state index in [0.29, 0.717) is 11.1 Å². The lowest BCUT2D eigenvalue weighted by molar-refractivity contribution is 0.0523. The van der Waals surface area contributed by atoms with Crippen LogP contribution in [0.4, 0.5) is 14.9 Å². The van der Waals surface area contributed by atoms with Gasteiger partial charge in [0.15, 0.2) is 0 Å². The van der Waals surface area contributed by atoms with Crippen LogP contribution in [-0.4, -0.2) is 11.7 Å². The first-order valence-electron chi connectivity index (χ1n) is 5.70. The van der Waals surface area contributed by atoms with E-state index in [2.05, 4.69) is 5.32 Å². The van der Waals surface area contributed by atoms with Crippen molar-refractivity contribution in [2.24, 2.45) is 0 Å². The Morgan fingerprint density at radius 1 is 1.44 bits per heavy atom. The SMILES string of the molecule is Cc1cc(CNC(=O)OC(C)(C)C)cc(F)c1N. The van der Waals surface area contributed by atoms with Crippen molar-refractivity contribution in [2.45, 2.75) is 39.8 Å². The second-order valence-electron chi connectivity index (χ2n) is 5.16. The van der Waals surface area contributed by atoms with Crippen molar-refractivity contribution in [2.75, 3.05) is 5.73 Å². The number of nitrogen functional groups attached to an aromatic ring is 1. The zero-order chi connectivity index (χ0) is 13.9. The van der Waals surface area contributed by atoms with Gasteiger partial charge in [-0.3, -0.25) is 0 Å². The van der Waals surface area contributed by atoms with Crippen LogP contribution in [0.15, 0.2) is 12.1 Å². The standard InChI is InChI=1S/C13H19FN2O2/c1-8-5-9(6-10(14)11(8)15)7-16-12(17)18-13(2,3)4/h5-6H,7,15H2,1-4H3,(H,16,17). The van der Waals surface area contributed by atoms with Crippen LogP contribution in [0.5, 0.6) is 0 Å². The molecule has 4 nitrogen and oxygen atoms in total. The smallest absolute Gasteiger partial charge is 0.407 e. The molecule has 3 N–H and O–H groups in total. The van der Waals surface area contributed by atoms with Gasteiger partial charge in [0, 0.05) is 6.54 Å². The van der Waals surface area contributed by atoms with Gasteiger partial charge < -0.3 is 15.8 Å². The molecule has 1 aromatic rings. The van der Waals surface area contributed by atoms with Crippen molar-refractivity contribution in [3.05, 3.63) is 29.1 Å².